The number of para-hydroxylation sites is 1. The number of hydrogen-bond donors (Lipinski definition) is 0. The Morgan fingerprint density at radius 2 is 1.81 bits per heavy atom. The van der Waals surface area contributed by atoms with Crippen LogP contribution in [0.15, 0.2) is 48.7 Å². The smallest absolute Gasteiger partial charge is 0.276 e. The van der Waals surface area contributed by atoms with Gasteiger partial charge in [-0.25, -0.2) is 4.98 Å². The Balaban J connectivity index is 1.22. The van der Waals surface area contributed by atoms with E-state index in [1.807, 2.05) is 35.2 Å². The molecule has 5 rings (SSSR count). The molecule has 1 fully saturated rings. The van der Waals surface area contributed by atoms with E-state index in [0.717, 1.165) is 29.6 Å². The second-order valence-electron chi connectivity index (χ2n) is 7.82. The van der Waals surface area contributed by atoms with Crippen LogP contribution in [0.1, 0.15) is 34.5 Å². The minimum atomic E-state index is -0.0909. The Morgan fingerprint density at radius 1 is 1.06 bits per heavy atom. The largest absolute Gasteiger partial charge is 0.467 e. The highest BCUT2D eigenvalue weighted by atomic mass is 32.1. The average molecular weight is 434 g/mol. The number of amides is 1. The number of likely N-dealkylation sites (tertiary alicyclic amines) is 1. The third-order valence-electron chi connectivity index (χ3n) is 5.62. The molecular weight excluding hydrogens is 410 g/mol. The van der Waals surface area contributed by atoms with E-state index in [9.17, 15) is 4.79 Å². The molecule has 158 valence electrons. The van der Waals surface area contributed by atoms with Gasteiger partial charge in [0.15, 0.2) is 5.69 Å². The van der Waals surface area contributed by atoms with Gasteiger partial charge in [0.2, 0.25) is 0 Å². The number of hydrogen-bond acceptors (Lipinski definition) is 6. The first-order chi connectivity index (χ1) is 15.1. The number of piperidine rings is 1. The summed E-state index contributed by atoms with van der Waals surface area (Å²) < 4.78 is 7.37. The lowest BCUT2D eigenvalue weighted by atomic mass is 10.1. The topological polar surface area (TPSA) is 73.1 Å². The molecular formula is C23H23N5O2S. The molecule has 2 aromatic carbocycles. The Hall–Kier alpha value is -3.26. The molecule has 3 heterocycles. The highest BCUT2D eigenvalue weighted by Gasteiger charge is 2.27. The van der Waals surface area contributed by atoms with Crippen molar-refractivity contribution in [1.29, 1.82) is 0 Å². The summed E-state index contributed by atoms with van der Waals surface area (Å²) >= 11 is 1.60. The third kappa shape index (κ3) is 3.90. The number of aromatic nitrogens is 4. The molecule has 8 heteroatoms. The summed E-state index contributed by atoms with van der Waals surface area (Å²) in [6, 6.07) is 13.8. The van der Waals surface area contributed by atoms with E-state index in [0.29, 0.717) is 24.0 Å². The lowest BCUT2D eigenvalue weighted by Gasteiger charge is -2.31. The Morgan fingerprint density at radius 3 is 2.55 bits per heavy atom. The van der Waals surface area contributed by atoms with Crippen molar-refractivity contribution in [3.63, 3.8) is 0 Å². The van der Waals surface area contributed by atoms with Crippen molar-refractivity contribution in [2.45, 2.75) is 32.8 Å². The van der Waals surface area contributed by atoms with Gasteiger partial charge in [-0.15, -0.1) is 5.10 Å². The van der Waals surface area contributed by atoms with Gasteiger partial charge in [0.25, 0.3) is 11.1 Å². The number of carbonyl (C=O) groups excluding carboxylic acids is 1. The maximum atomic E-state index is 12.9. The lowest BCUT2D eigenvalue weighted by molar-refractivity contribution is 0.0589. The molecule has 0 radical (unpaired) electrons. The van der Waals surface area contributed by atoms with Gasteiger partial charge in [0.05, 0.1) is 22.1 Å². The highest BCUT2D eigenvalue weighted by molar-refractivity contribution is 7.20. The van der Waals surface area contributed by atoms with Crippen molar-refractivity contribution in [2.24, 2.45) is 0 Å². The van der Waals surface area contributed by atoms with E-state index in [4.69, 9.17) is 9.72 Å². The minimum absolute atomic E-state index is 0.0604. The summed E-state index contributed by atoms with van der Waals surface area (Å²) in [5, 5.41) is 9.30. The third-order valence-corrected chi connectivity index (χ3v) is 6.70. The zero-order valence-corrected chi connectivity index (χ0v) is 18.3. The second-order valence-corrected chi connectivity index (χ2v) is 8.78. The number of fused-ring (bicyclic) bond motifs is 1. The van der Waals surface area contributed by atoms with Gasteiger partial charge in [-0.3, -0.25) is 4.79 Å². The van der Waals surface area contributed by atoms with E-state index in [1.165, 1.54) is 21.3 Å². The number of rotatable bonds is 4. The Bertz CT molecular complexity index is 1190. The molecule has 1 amide bonds. The molecule has 2 aromatic heterocycles. The molecule has 1 aliphatic heterocycles. The van der Waals surface area contributed by atoms with Gasteiger partial charge in [0, 0.05) is 25.9 Å². The Labute approximate surface area is 184 Å². The van der Waals surface area contributed by atoms with Crippen molar-refractivity contribution < 1.29 is 9.53 Å². The van der Waals surface area contributed by atoms with Gasteiger partial charge < -0.3 is 9.64 Å². The number of nitrogens with zero attached hydrogens (tertiary/aromatic N) is 5. The van der Waals surface area contributed by atoms with Crippen LogP contribution in [0.5, 0.6) is 5.19 Å². The summed E-state index contributed by atoms with van der Waals surface area (Å²) in [5.74, 6) is -0.0909. The van der Waals surface area contributed by atoms with Gasteiger partial charge in [-0.1, -0.05) is 41.7 Å². The van der Waals surface area contributed by atoms with Crippen LogP contribution in [0.4, 0.5) is 0 Å². The molecule has 0 N–H and O–H groups in total. The maximum absolute atomic E-state index is 12.9. The first-order valence-corrected chi connectivity index (χ1v) is 11.2. The van der Waals surface area contributed by atoms with Gasteiger partial charge in [-0.2, -0.15) is 9.90 Å². The molecule has 0 unspecified atom stereocenters. The average Bonchev–Trinajstić information content (AvgIpc) is 3.45. The van der Waals surface area contributed by atoms with E-state index in [-0.39, 0.29) is 12.0 Å². The Kier molecular flexibility index (Phi) is 5.15. The van der Waals surface area contributed by atoms with Crippen LogP contribution in [0.3, 0.4) is 0 Å². The molecule has 0 saturated carbocycles. The van der Waals surface area contributed by atoms with E-state index < -0.39 is 0 Å². The predicted molar refractivity (Wildman–Crippen MR) is 120 cm³/mol. The highest BCUT2D eigenvalue weighted by Crippen LogP contribution is 2.33. The summed E-state index contributed by atoms with van der Waals surface area (Å²) in [6.07, 6.45) is 3.13. The minimum Gasteiger partial charge on any atom is -0.467 e. The van der Waals surface area contributed by atoms with E-state index in [2.05, 4.69) is 36.2 Å². The molecule has 0 bridgehead atoms. The lowest BCUT2D eigenvalue weighted by Crippen LogP contribution is -2.42. The first-order valence-electron chi connectivity index (χ1n) is 10.4. The fourth-order valence-corrected chi connectivity index (χ4v) is 4.85. The quantitative estimate of drug-likeness (QED) is 0.483. The molecule has 31 heavy (non-hydrogen) atoms. The van der Waals surface area contributed by atoms with Crippen LogP contribution < -0.4 is 4.74 Å². The van der Waals surface area contributed by atoms with Crippen LogP contribution in [0.2, 0.25) is 0 Å². The number of thiazole rings is 1. The van der Waals surface area contributed by atoms with Gasteiger partial charge in [0.1, 0.15) is 6.10 Å². The summed E-state index contributed by atoms with van der Waals surface area (Å²) in [6.45, 7) is 5.43. The molecule has 4 aromatic rings. The van der Waals surface area contributed by atoms with Crippen molar-refractivity contribution in [3.8, 4) is 10.9 Å². The molecule has 0 atom stereocenters. The van der Waals surface area contributed by atoms with Crippen molar-refractivity contribution in [2.75, 3.05) is 13.1 Å². The fourth-order valence-electron chi connectivity index (χ4n) is 3.82. The SMILES string of the molecule is Cc1ccc(C)c2sc(OC3CCN(C(=O)c4cnn(-c5ccccc5)n4)CC3)nc12. The molecule has 0 aliphatic carbocycles. The van der Waals surface area contributed by atoms with Crippen LogP contribution in [0, 0.1) is 13.8 Å². The maximum Gasteiger partial charge on any atom is 0.276 e. The van der Waals surface area contributed by atoms with E-state index in [1.54, 1.807) is 11.3 Å². The van der Waals surface area contributed by atoms with Crippen molar-refractivity contribution in [3.05, 3.63) is 65.5 Å². The van der Waals surface area contributed by atoms with Crippen LogP contribution in [0.25, 0.3) is 15.9 Å². The molecule has 7 nitrogen and oxygen atoms in total. The van der Waals surface area contributed by atoms with Gasteiger partial charge in [-0.05, 0) is 37.1 Å². The summed E-state index contributed by atoms with van der Waals surface area (Å²) in [5.41, 5.74) is 4.59. The number of carbonyl (C=O) groups is 1. The summed E-state index contributed by atoms with van der Waals surface area (Å²) in [7, 11) is 0. The predicted octanol–water partition coefficient (Wildman–Crippen LogP) is 4.18. The van der Waals surface area contributed by atoms with Crippen LogP contribution in [-0.2, 0) is 0 Å². The second kappa shape index (κ2) is 8.11. The van der Waals surface area contributed by atoms with E-state index >= 15 is 0 Å². The fraction of sp³-hybridized carbons (Fsp3) is 0.304. The normalized spacial score (nSPS) is 14.8. The zero-order valence-electron chi connectivity index (χ0n) is 17.5. The van der Waals surface area contributed by atoms with Crippen LogP contribution in [-0.4, -0.2) is 50.0 Å². The van der Waals surface area contributed by atoms with Crippen molar-refractivity contribution in [1.82, 2.24) is 24.9 Å². The number of aryl methyl sites for hydroxylation is 2. The van der Waals surface area contributed by atoms with Crippen LogP contribution >= 0.6 is 11.3 Å². The number of benzene rings is 2. The summed E-state index contributed by atoms with van der Waals surface area (Å²) in [4.78, 5) is 20.9. The van der Waals surface area contributed by atoms with Gasteiger partial charge >= 0.3 is 0 Å². The zero-order chi connectivity index (χ0) is 21.4. The molecule has 1 aliphatic rings. The van der Waals surface area contributed by atoms with Crippen molar-refractivity contribution >= 4 is 27.5 Å². The molecule has 1 saturated heterocycles. The monoisotopic (exact) mass is 433 g/mol. The first kappa shape index (κ1) is 19.7. The standard InChI is InChI=1S/C23H23N5O2S/c1-15-8-9-16(2)21-20(15)25-23(31-21)30-18-10-12-27(13-11-18)22(29)19-14-24-28(26-19)17-6-4-3-5-7-17/h3-9,14,18H,10-13H2,1-2H3. The number of ether oxygens (including phenoxy) is 1. The molecule has 0 spiro atoms.